The van der Waals surface area contributed by atoms with Crippen molar-refractivity contribution < 1.29 is 23.2 Å². The molecule has 0 rings (SSSR count). The number of unbranched alkanes of at least 4 members (excludes halogenated alkanes) is 6. The molecule has 0 aliphatic rings. The molecule has 5 nitrogen and oxygen atoms in total. The number of carboxylic acid groups (broad SMARTS) is 1. The fourth-order valence-electron chi connectivity index (χ4n) is 2.32. The normalized spacial score (nSPS) is 11.9. The molecule has 0 amide bonds. The van der Waals surface area contributed by atoms with Gasteiger partial charge in [0.05, 0.1) is 0 Å². The lowest BCUT2D eigenvalue weighted by Gasteiger charge is -2.15. The topological polar surface area (TPSA) is 67.8 Å². The number of hydrogen-bond acceptors (Lipinski definition) is 5. The van der Waals surface area contributed by atoms with Crippen LogP contribution in [0.5, 0.6) is 0 Å². The van der Waals surface area contributed by atoms with Crippen molar-refractivity contribution in [3.63, 3.8) is 0 Å². The first kappa shape index (κ1) is 26.8. The zero-order valence-electron chi connectivity index (χ0n) is 17.1. The predicted octanol–water partition coefficient (Wildman–Crippen LogP) is 3.98. The highest BCUT2D eigenvalue weighted by atomic mass is 28.3. The summed E-state index contributed by atoms with van der Waals surface area (Å²) < 4.78 is 15.5. The Morgan fingerprint density at radius 2 is 1.24 bits per heavy atom. The Hall–Kier alpha value is -0.433. The molecule has 0 heterocycles. The molecular weight excluding hydrogens is 336 g/mol. The summed E-state index contributed by atoms with van der Waals surface area (Å²) in [5.74, 6) is -1.09. The maximum absolute atomic E-state index is 10.6. The maximum atomic E-state index is 10.6. The summed E-state index contributed by atoms with van der Waals surface area (Å²) in [4.78, 5) is 10.6. The molecule has 0 N–H and O–H groups in total. The van der Waals surface area contributed by atoms with Crippen LogP contribution in [0.1, 0.15) is 92.4 Å². The predicted molar refractivity (Wildman–Crippen MR) is 102 cm³/mol. The van der Waals surface area contributed by atoms with Gasteiger partial charge >= 0.3 is 9.53 Å². The Morgan fingerprint density at radius 3 is 1.60 bits per heavy atom. The first-order valence-electron chi connectivity index (χ1n) is 10.0. The lowest BCUT2D eigenvalue weighted by Crippen LogP contribution is -2.30. The minimum Gasteiger partial charge on any atom is -0.550 e. The second-order valence-corrected chi connectivity index (χ2v) is 7.25. The van der Waals surface area contributed by atoms with Crippen LogP contribution in [0.2, 0.25) is 0 Å². The summed E-state index contributed by atoms with van der Waals surface area (Å²) in [5.41, 5.74) is 0. The van der Waals surface area contributed by atoms with Gasteiger partial charge in [0.15, 0.2) is 0 Å². The first-order chi connectivity index (χ1) is 12.1. The molecule has 1 atom stereocenters. The molecule has 0 saturated heterocycles. The van der Waals surface area contributed by atoms with Gasteiger partial charge in [0.2, 0.25) is 0 Å². The Morgan fingerprint density at radius 1 is 0.800 bits per heavy atom. The van der Waals surface area contributed by atoms with Gasteiger partial charge in [0.25, 0.3) is 0 Å². The van der Waals surface area contributed by atoms with Gasteiger partial charge in [-0.25, -0.2) is 0 Å². The number of aliphatic carboxylic acids is 1. The molecule has 0 aromatic carbocycles. The van der Waals surface area contributed by atoms with Crippen LogP contribution in [0.15, 0.2) is 0 Å². The number of rotatable bonds is 16. The number of hydrogen-bond donors (Lipinski definition) is 0. The number of carbonyl (C=O) groups is 1. The van der Waals surface area contributed by atoms with Crippen LogP contribution < -0.4 is 5.11 Å². The van der Waals surface area contributed by atoms with Gasteiger partial charge in [0, 0.05) is 25.8 Å². The van der Waals surface area contributed by atoms with Crippen LogP contribution in [-0.2, 0) is 18.1 Å². The van der Waals surface area contributed by atoms with E-state index in [2.05, 4.69) is 6.92 Å². The van der Waals surface area contributed by atoms with Crippen molar-refractivity contribution in [3.8, 4) is 0 Å². The summed E-state index contributed by atoms with van der Waals surface area (Å²) in [6.07, 6.45) is 10.2. The zero-order valence-corrected chi connectivity index (χ0v) is 18.1. The molecule has 0 bridgehead atoms. The summed E-state index contributed by atoms with van der Waals surface area (Å²) >= 11 is 0. The SMILES string of the molecule is CCCCCCCCCC(CC)C(=O)[O-].CCO[Si](OCC)OCC. The molecule has 0 spiro atoms. The van der Waals surface area contributed by atoms with Crippen LogP contribution in [0, 0.1) is 5.92 Å². The highest BCUT2D eigenvalue weighted by Crippen LogP contribution is 2.14. The third-order valence-electron chi connectivity index (χ3n) is 3.77. The van der Waals surface area contributed by atoms with E-state index >= 15 is 0 Å². The minimum atomic E-state index is -1.40. The smallest absolute Gasteiger partial charge is 0.550 e. The second-order valence-electron chi connectivity index (χ2n) is 5.88. The Balaban J connectivity index is 0. The molecular formula is C19H40O5Si-. The molecule has 25 heavy (non-hydrogen) atoms. The molecule has 1 unspecified atom stereocenters. The zero-order chi connectivity index (χ0) is 19.3. The largest absolute Gasteiger partial charge is 0.577 e. The first-order valence-corrected chi connectivity index (χ1v) is 11.3. The minimum absolute atomic E-state index is 0.222. The van der Waals surface area contributed by atoms with E-state index in [0.29, 0.717) is 26.2 Å². The van der Waals surface area contributed by atoms with Gasteiger partial charge < -0.3 is 23.2 Å². The van der Waals surface area contributed by atoms with Crippen LogP contribution in [0.4, 0.5) is 0 Å². The molecule has 6 heteroatoms. The van der Waals surface area contributed by atoms with Gasteiger partial charge in [-0.3, -0.25) is 0 Å². The molecule has 0 aliphatic heterocycles. The van der Waals surface area contributed by atoms with E-state index in [-0.39, 0.29) is 5.92 Å². The number of carboxylic acids is 1. The van der Waals surface area contributed by atoms with E-state index in [1.54, 1.807) is 0 Å². The molecule has 0 aliphatic carbocycles. The molecule has 0 aromatic rings. The van der Waals surface area contributed by atoms with Crippen molar-refractivity contribution in [2.75, 3.05) is 19.8 Å². The van der Waals surface area contributed by atoms with Crippen molar-refractivity contribution in [2.45, 2.75) is 92.4 Å². The summed E-state index contributed by atoms with van der Waals surface area (Å²) in [6, 6.07) is 0. The van der Waals surface area contributed by atoms with Gasteiger partial charge in [-0.15, -0.1) is 0 Å². The average Bonchev–Trinajstić information content (AvgIpc) is 2.58. The second kappa shape index (κ2) is 21.6. The Labute approximate surface area is 157 Å². The highest BCUT2D eigenvalue weighted by molar-refractivity contribution is 6.36. The van der Waals surface area contributed by atoms with E-state index in [1.807, 2.05) is 27.7 Å². The summed E-state index contributed by atoms with van der Waals surface area (Å²) in [7, 11) is -1.40. The van der Waals surface area contributed by atoms with Crippen LogP contribution in [0.3, 0.4) is 0 Å². The summed E-state index contributed by atoms with van der Waals surface area (Å²) in [5, 5.41) is 10.6. The lowest BCUT2D eigenvalue weighted by molar-refractivity contribution is -0.311. The van der Waals surface area contributed by atoms with Crippen LogP contribution >= 0.6 is 0 Å². The average molecular weight is 377 g/mol. The fraction of sp³-hybridized carbons (Fsp3) is 0.947. The van der Waals surface area contributed by atoms with E-state index in [0.717, 1.165) is 12.8 Å². The van der Waals surface area contributed by atoms with Crippen molar-refractivity contribution in [2.24, 2.45) is 5.92 Å². The molecule has 0 fully saturated rings. The van der Waals surface area contributed by atoms with Gasteiger partial charge in [0.1, 0.15) is 0 Å². The summed E-state index contributed by atoms with van der Waals surface area (Å²) in [6.45, 7) is 11.9. The van der Waals surface area contributed by atoms with E-state index in [4.69, 9.17) is 13.3 Å². The lowest BCUT2D eigenvalue weighted by atomic mass is 9.98. The quantitative estimate of drug-likeness (QED) is 0.301. The molecule has 0 aromatic heterocycles. The van der Waals surface area contributed by atoms with Crippen molar-refractivity contribution in [1.29, 1.82) is 0 Å². The third kappa shape index (κ3) is 19.7. The van der Waals surface area contributed by atoms with Crippen molar-refractivity contribution in [3.05, 3.63) is 0 Å². The molecule has 1 radical (unpaired) electrons. The van der Waals surface area contributed by atoms with Crippen LogP contribution in [-0.4, -0.2) is 35.3 Å². The van der Waals surface area contributed by atoms with E-state index < -0.39 is 15.5 Å². The number of carbonyl (C=O) groups excluding carboxylic acids is 1. The maximum Gasteiger partial charge on any atom is 0.577 e. The third-order valence-corrected chi connectivity index (χ3v) is 5.34. The highest BCUT2D eigenvalue weighted by Gasteiger charge is 2.15. The molecule has 0 saturated carbocycles. The van der Waals surface area contributed by atoms with E-state index in [9.17, 15) is 9.90 Å². The van der Waals surface area contributed by atoms with Crippen molar-refractivity contribution >= 4 is 15.5 Å². The molecule has 151 valence electrons. The van der Waals surface area contributed by atoms with Crippen LogP contribution in [0.25, 0.3) is 0 Å². The van der Waals surface area contributed by atoms with Gasteiger partial charge in [-0.2, -0.15) is 0 Å². The van der Waals surface area contributed by atoms with E-state index in [1.165, 1.54) is 38.5 Å². The van der Waals surface area contributed by atoms with Crippen molar-refractivity contribution in [1.82, 2.24) is 0 Å². The monoisotopic (exact) mass is 376 g/mol. The Kier molecular flexibility index (Phi) is 23.2. The fourth-order valence-corrected chi connectivity index (χ4v) is 3.27. The van der Waals surface area contributed by atoms with Gasteiger partial charge in [-0.1, -0.05) is 58.8 Å². The Bertz CT molecular complexity index is 262. The standard InChI is InChI=1S/C13H26O2.C6H15O3Si/c1-3-5-6-7-8-9-10-11-12(4-2)13(14)15;1-4-7-10(8-5-2)9-6-3/h12H,3-11H2,1-2H3,(H,14,15);4-6H2,1-3H3/p-1. The van der Waals surface area contributed by atoms with Gasteiger partial charge in [-0.05, 0) is 39.5 Å².